The van der Waals surface area contributed by atoms with Gasteiger partial charge in [0.2, 0.25) is 0 Å². The summed E-state index contributed by atoms with van der Waals surface area (Å²) in [4.78, 5) is 11.6. The van der Waals surface area contributed by atoms with E-state index in [1.807, 2.05) is 6.08 Å². The Morgan fingerprint density at radius 3 is 3.06 bits per heavy atom. The fourth-order valence-corrected chi connectivity index (χ4v) is 2.44. The lowest BCUT2D eigenvalue weighted by molar-refractivity contribution is -0.139. The SMILES string of the molecule is CCC1C/C=C(\C)CC2C=C(CC1)C(=O)O2. The molecule has 16 heavy (non-hydrogen) atoms. The molecule has 2 rings (SSSR count). The van der Waals surface area contributed by atoms with Crippen molar-refractivity contribution >= 4 is 5.97 Å². The van der Waals surface area contributed by atoms with E-state index in [9.17, 15) is 4.79 Å². The molecule has 2 bridgehead atoms. The predicted molar refractivity (Wildman–Crippen MR) is 64.0 cm³/mol. The Morgan fingerprint density at radius 2 is 2.31 bits per heavy atom. The Labute approximate surface area is 97.4 Å². The lowest BCUT2D eigenvalue weighted by Gasteiger charge is -2.13. The molecule has 1 aliphatic carbocycles. The zero-order chi connectivity index (χ0) is 11.5. The first-order chi connectivity index (χ1) is 7.69. The standard InChI is InChI=1S/C14H20O2/c1-3-11-5-4-10(2)8-13-9-12(7-6-11)14(15)16-13/h4,9,11,13H,3,5-8H2,1-2H3/b10-4+. The topological polar surface area (TPSA) is 26.3 Å². The average molecular weight is 220 g/mol. The summed E-state index contributed by atoms with van der Waals surface area (Å²) in [6.45, 7) is 4.36. The Morgan fingerprint density at radius 1 is 1.50 bits per heavy atom. The lowest BCUT2D eigenvalue weighted by Crippen LogP contribution is -2.08. The van der Waals surface area contributed by atoms with Crippen LogP contribution in [0.15, 0.2) is 23.3 Å². The molecule has 1 aliphatic heterocycles. The summed E-state index contributed by atoms with van der Waals surface area (Å²) in [7, 11) is 0. The number of carbonyl (C=O) groups excluding carboxylic acids is 1. The van der Waals surface area contributed by atoms with E-state index in [0.717, 1.165) is 31.3 Å². The summed E-state index contributed by atoms with van der Waals surface area (Å²) in [5, 5.41) is 0. The molecule has 2 aliphatic rings. The zero-order valence-corrected chi connectivity index (χ0v) is 10.2. The minimum absolute atomic E-state index is 0.00285. The van der Waals surface area contributed by atoms with Crippen molar-refractivity contribution in [1.29, 1.82) is 0 Å². The zero-order valence-electron chi connectivity index (χ0n) is 10.2. The van der Waals surface area contributed by atoms with Gasteiger partial charge in [-0.2, -0.15) is 0 Å². The number of carbonyl (C=O) groups is 1. The van der Waals surface area contributed by atoms with Gasteiger partial charge in [0, 0.05) is 12.0 Å². The molecule has 0 saturated heterocycles. The van der Waals surface area contributed by atoms with Gasteiger partial charge in [0.25, 0.3) is 0 Å². The molecule has 0 radical (unpaired) electrons. The molecule has 0 aromatic carbocycles. The summed E-state index contributed by atoms with van der Waals surface area (Å²) < 4.78 is 5.32. The highest BCUT2D eigenvalue weighted by atomic mass is 16.5. The van der Waals surface area contributed by atoms with Gasteiger partial charge < -0.3 is 4.74 Å². The maximum absolute atomic E-state index is 11.6. The average Bonchev–Trinajstić information content (AvgIpc) is 2.58. The van der Waals surface area contributed by atoms with E-state index in [2.05, 4.69) is 19.9 Å². The van der Waals surface area contributed by atoms with Gasteiger partial charge in [0.1, 0.15) is 6.10 Å². The molecule has 2 nitrogen and oxygen atoms in total. The summed E-state index contributed by atoms with van der Waals surface area (Å²) in [6, 6.07) is 0. The van der Waals surface area contributed by atoms with Gasteiger partial charge in [-0.3, -0.25) is 0 Å². The number of allylic oxidation sites excluding steroid dienone is 1. The van der Waals surface area contributed by atoms with Crippen molar-refractivity contribution in [2.75, 3.05) is 0 Å². The predicted octanol–water partition coefficient (Wildman–Crippen LogP) is 3.38. The van der Waals surface area contributed by atoms with Crippen molar-refractivity contribution < 1.29 is 9.53 Å². The van der Waals surface area contributed by atoms with Crippen molar-refractivity contribution in [1.82, 2.24) is 0 Å². The van der Waals surface area contributed by atoms with Crippen LogP contribution in [-0.2, 0) is 9.53 Å². The number of ether oxygens (including phenoxy) is 1. The van der Waals surface area contributed by atoms with Crippen LogP contribution in [0.4, 0.5) is 0 Å². The van der Waals surface area contributed by atoms with Crippen molar-refractivity contribution in [3.63, 3.8) is 0 Å². The highest BCUT2D eigenvalue weighted by Gasteiger charge is 2.26. The minimum atomic E-state index is -0.0884. The van der Waals surface area contributed by atoms with Crippen LogP contribution in [0.1, 0.15) is 46.0 Å². The van der Waals surface area contributed by atoms with E-state index in [1.54, 1.807) is 0 Å². The van der Waals surface area contributed by atoms with Crippen LogP contribution in [0.2, 0.25) is 0 Å². The first-order valence-electron chi connectivity index (χ1n) is 6.26. The largest absolute Gasteiger partial charge is 0.454 e. The Balaban J connectivity index is 2.13. The Hall–Kier alpha value is -1.05. The molecule has 1 heterocycles. The second-order valence-corrected chi connectivity index (χ2v) is 4.94. The monoisotopic (exact) mass is 220 g/mol. The highest BCUT2D eigenvalue weighted by Crippen LogP contribution is 2.28. The van der Waals surface area contributed by atoms with Crippen molar-refractivity contribution in [2.45, 2.75) is 52.1 Å². The van der Waals surface area contributed by atoms with Crippen molar-refractivity contribution in [3.8, 4) is 0 Å². The van der Waals surface area contributed by atoms with E-state index in [4.69, 9.17) is 4.74 Å². The lowest BCUT2D eigenvalue weighted by atomic mass is 9.91. The smallest absolute Gasteiger partial charge is 0.334 e. The second-order valence-electron chi connectivity index (χ2n) is 4.94. The van der Waals surface area contributed by atoms with Crippen LogP contribution in [0, 0.1) is 5.92 Å². The van der Waals surface area contributed by atoms with Crippen LogP contribution in [0.5, 0.6) is 0 Å². The number of esters is 1. The minimum Gasteiger partial charge on any atom is -0.454 e. The maximum atomic E-state index is 11.6. The molecular weight excluding hydrogens is 200 g/mol. The Kier molecular flexibility index (Phi) is 3.47. The van der Waals surface area contributed by atoms with E-state index in [0.29, 0.717) is 5.92 Å². The van der Waals surface area contributed by atoms with Crippen molar-refractivity contribution in [3.05, 3.63) is 23.3 Å². The van der Waals surface area contributed by atoms with Crippen LogP contribution in [0.3, 0.4) is 0 Å². The molecule has 0 saturated carbocycles. The van der Waals surface area contributed by atoms with Crippen molar-refractivity contribution in [2.24, 2.45) is 5.92 Å². The van der Waals surface area contributed by atoms with E-state index in [-0.39, 0.29) is 12.1 Å². The fourth-order valence-electron chi connectivity index (χ4n) is 2.44. The molecular formula is C14H20O2. The molecule has 0 aromatic heterocycles. The van der Waals surface area contributed by atoms with Crippen LogP contribution >= 0.6 is 0 Å². The van der Waals surface area contributed by atoms with Crippen LogP contribution in [-0.4, -0.2) is 12.1 Å². The van der Waals surface area contributed by atoms with E-state index < -0.39 is 0 Å². The van der Waals surface area contributed by atoms with Crippen LogP contribution < -0.4 is 0 Å². The van der Waals surface area contributed by atoms with Crippen LogP contribution in [0.25, 0.3) is 0 Å². The molecule has 0 amide bonds. The molecule has 2 heteroatoms. The molecule has 2 unspecified atom stereocenters. The summed E-state index contributed by atoms with van der Waals surface area (Å²) >= 11 is 0. The van der Waals surface area contributed by atoms with Gasteiger partial charge in [-0.1, -0.05) is 25.0 Å². The molecule has 0 aromatic rings. The molecule has 0 fully saturated rings. The third-order valence-corrected chi connectivity index (χ3v) is 3.63. The van der Waals surface area contributed by atoms with E-state index >= 15 is 0 Å². The first-order valence-corrected chi connectivity index (χ1v) is 6.26. The number of fused-ring (bicyclic) bond motifs is 1. The van der Waals surface area contributed by atoms with Gasteiger partial charge in [0.15, 0.2) is 0 Å². The summed E-state index contributed by atoms with van der Waals surface area (Å²) in [5.41, 5.74) is 2.24. The van der Waals surface area contributed by atoms with Gasteiger partial charge in [-0.15, -0.1) is 0 Å². The molecule has 0 N–H and O–H groups in total. The highest BCUT2D eigenvalue weighted by molar-refractivity contribution is 5.90. The molecule has 2 atom stereocenters. The van der Waals surface area contributed by atoms with Gasteiger partial charge in [-0.25, -0.2) is 4.79 Å². The summed E-state index contributed by atoms with van der Waals surface area (Å²) in [6.07, 6.45) is 9.54. The second kappa shape index (κ2) is 4.86. The fraction of sp³-hybridized carbons (Fsp3) is 0.643. The number of rotatable bonds is 1. The maximum Gasteiger partial charge on any atom is 0.334 e. The number of hydrogen-bond donors (Lipinski definition) is 0. The van der Waals surface area contributed by atoms with Gasteiger partial charge >= 0.3 is 5.97 Å². The quantitative estimate of drug-likeness (QED) is 0.500. The number of hydrogen-bond acceptors (Lipinski definition) is 2. The van der Waals surface area contributed by atoms with Gasteiger partial charge in [-0.05, 0) is 38.2 Å². The first kappa shape index (κ1) is 11.4. The summed E-state index contributed by atoms with van der Waals surface area (Å²) in [5.74, 6) is 0.621. The van der Waals surface area contributed by atoms with E-state index in [1.165, 1.54) is 12.0 Å². The molecule has 0 spiro atoms. The normalized spacial score (nSPS) is 33.8. The molecule has 88 valence electrons. The third-order valence-electron chi connectivity index (χ3n) is 3.63. The Bertz CT molecular complexity index is 339. The third kappa shape index (κ3) is 2.55. The van der Waals surface area contributed by atoms with Gasteiger partial charge in [0.05, 0.1) is 0 Å².